The average molecular weight is 419 g/mol. The number of aryl methyl sites for hydroxylation is 1. The number of carbonyl (C=O) groups excluding carboxylic acids is 1. The molecule has 0 radical (unpaired) electrons. The SMILES string of the molecule is CC(C)(C)OC(=O)N[C@@H](CCn1c(=S)[nH]c2cc(C(F)(F)F)ccc21)C(=O)O. The molecule has 0 aliphatic carbocycles. The lowest BCUT2D eigenvalue weighted by atomic mass is 10.2. The van der Waals surface area contributed by atoms with Crippen LogP contribution in [0.3, 0.4) is 0 Å². The molecule has 1 atom stereocenters. The Morgan fingerprint density at radius 1 is 1.32 bits per heavy atom. The Hall–Kier alpha value is -2.56. The molecular weight excluding hydrogens is 399 g/mol. The molecule has 1 amide bonds. The number of alkyl halides is 3. The quantitative estimate of drug-likeness (QED) is 0.635. The summed E-state index contributed by atoms with van der Waals surface area (Å²) < 4.78 is 45.2. The number of H-pyrrole nitrogens is 1. The Labute approximate surface area is 163 Å². The van der Waals surface area contributed by atoms with Crippen molar-refractivity contribution in [2.24, 2.45) is 0 Å². The van der Waals surface area contributed by atoms with Gasteiger partial charge in [0.15, 0.2) is 4.77 Å². The third kappa shape index (κ3) is 5.47. The number of aromatic amines is 1. The van der Waals surface area contributed by atoms with Gasteiger partial charge in [-0.05, 0) is 57.6 Å². The van der Waals surface area contributed by atoms with Gasteiger partial charge in [-0.25, -0.2) is 9.59 Å². The molecular formula is C17H20F3N3O4S. The highest BCUT2D eigenvalue weighted by Crippen LogP contribution is 2.31. The lowest BCUT2D eigenvalue weighted by Crippen LogP contribution is -2.44. The van der Waals surface area contributed by atoms with Crippen LogP contribution in [-0.2, 0) is 22.3 Å². The molecule has 0 bridgehead atoms. The molecule has 28 heavy (non-hydrogen) atoms. The van der Waals surface area contributed by atoms with Crippen molar-refractivity contribution >= 4 is 35.3 Å². The number of fused-ring (bicyclic) bond motifs is 1. The zero-order valence-electron chi connectivity index (χ0n) is 15.4. The fraction of sp³-hybridized carbons (Fsp3) is 0.471. The normalized spacial score (nSPS) is 13.4. The maximum atomic E-state index is 12.8. The molecule has 7 nitrogen and oxygen atoms in total. The van der Waals surface area contributed by atoms with Gasteiger partial charge >= 0.3 is 18.2 Å². The molecule has 1 aromatic heterocycles. The fourth-order valence-corrected chi connectivity index (χ4v) is 2.83. The van der Waals surface area contributed by atoms with Crippen molar-refractivity contribution in [3.8, 4) is 0 Å². The number of amides is 1. The Kier molecular flexibility index (Phi) is 6.07. The summed E-state index contributed by atoms with van der Waals surface area (Å²) in [7, 11) is 0. The molecule has 0 fully saturated rings. The summed E-state index contributed by atoms with van der Waals surface area (Å²) in [6, 6.07) is 1.88. The van der Waals surface area contributed by atoms with Crippen LogP contribution < -0.4 is 5.32 Å². The van der Waals surface area contributed by atoms with Gasteiger partial charge in [-0.2, -0.15) is 13.2 Å². The van der Waals surface area contributed by atoms with Gasteiger partial charge in [-0.3, -0.25) is 0 Å². The molecule has 2 rings (SSSR count). The van der Waals surface area contributed by atoms with E-state index in [-0.39, 0.29) is 23.3 Å². The number of carboxylic acid groups (broad SMARTS) is 1. The lowest BCUT2D eigenvalue weighted by Gasteiger charge is -2.22. The van der Waals surface area contributed by atoms with Crippen LogP contribution in [0.2, 0.25) is 0 Å². The van der Waals surface area contributed by atoms with E-state index in [1.165, 1.54) is 10.6 Å². The van der Waals surface area contributed by atoms with E-state index in [0.717, 1.165) is 12.1 Å². The summed E-state index contributed by atoms with van der Waals surface area (Å²) >= 11 is 5.13. The van der Waals surface area contributed by atoms with Crippen LogP contribution in [-0.4, -0.2) is 38.4 Å². The van der Waals surface area contributed by atoms with E-state index < -0.39 is 35.4 Å². The topological polar surface area (TPSA) is 96.4 Å². The van der Waals surface area contributed by atoms with Crippen LogP contribution in [0.4, 0.5) is 18.0 Å². The molecule has 154 valence electrons. The molecule has 3 N–H and O–H groups in total. The first kappa shape index (κ1) is 21.7. The van der Waals surface area contributed by atoms with Gasteiger partial charge < -0.3 is 24.7 Å². The van der Waals surface area contributed by atoms with Crippen LogP contribution >= 0.6 is 12.2 Å². The third-order valence-electron chi connectivity index (χ3n) is 3.73. The van der Waals surface area contributed by atoms with Crippen molar-refractivity contribution in [1.29, 1.82) is 0 Å². The molecule has 0 aliphatic heterocycles. The van der Waals surface area contributed by atoms with E-state index >= 15 is 0 Å². The predicted octanol–water partition coefficient (Wildman–Crippen LogP) is 4.09. The summed E-state index contributed by atoms with van der Waals surface area (Å²) in [5, 5.41) is 11.6. The molecule has 11 heteroatoms. The van der Waals surface area contributed by atoms with Gasteiger partial charge in [-0.1, -0.05) is 0 Å². The first-order valence-corrected chi connectivity index (χ1v) is 8.71. The summed E-state index contributed by atoms with van der Waals surface area (Å²) in [6.45, 7) is 4.99. The molecule has 0 aliphatic rings. The van der Waals surface area contributed by atoms with Gasteiger partial charge in [-0.15, -0.1) is 0 Å². The molecule has 0 spiro atoms. The second-order valence-electron chi connectivity index (χ2n) is 7.14. The predicted molar refractivity (Wildman–Crippen MR) is 97.5 cm³/mol. The first-order chi connectivity index (χ1) is 12.8. The van der Waals surface area contributed by atoms with Crippen LogP contribution in [0.25, 0.3) is 11.0 Å². The van der Waals surface area contributed by atoms with E-state index in [0.29, 0.717) is 5.52 Å². The van der Waals surface area contributed by atoms with Crippen LogP contribution in [0, 0.1) is 4.77 Å². The molecule has 0 saturated carbocycles. The Morgan fingerprint density at radius 2 is 1.96 bits per heavy atom. The minimum Gasteiger partial charge on any atom is -0.480 e. The first-order valence-electron chi connectivity index (χ1n) is 8.30. The number of ether oxygens (including phenoxy) is 1. The smallest absolute Gasteiger partial charge is 0.416 e. The monoisotopic (exact) mass is 419 g/mol. The van der Waals surface area contributed by atoms with Crippen LogP contribution in [0.1, 0.15) is 32.8 Å². The highest BCUT2D eigenvalue weighted by atomic mass is 32.1. The lowest BCUT2D eigenvalue weighted by molar-refractivity contribution is -0.140. The number of nitrogens with zero attached hydrogens (tertiary/aromatic N) is 1. The number of hydrogen-bond acceptors (Lipinski definition) is 4. The Morgan fingerprint density at radius 3 is 2.50 bits per heavy atom. The molecule has 1 aromatic carbocycles. The van der Waals surface area contributed by atoms with Crippen molar-refractivity contribution in [2.75, 3.05) is 0 Å². The largest absolute Gasteiger partial charge is 0.480 e. The van der Waals surface area contributed by atoms with Gasteiger partial charge in [0.1, 0.15) is 11.6 Å². The summed E-state index contributed by atoms with van der Waals surface area (Å²) in [6.07, 6.45) is -5.41. The summed E-state index contributed by atoms with van der Waals surface area (Å²) in [4.78, 5) is 25.9. The van der Waals surface area contributed by atoms with Crippen LogP contribution in [0.15, 0.2) is 18.2 Å². The van der Waals surface area contributed by atoms with Gasteiger partial charge in [0, 0.05) is 6.54 Å². The minimum atomic E-state index is -4.49. The number of benzene rings is 1. The second-order valence-corrected chi connectivity index (χ2v) is 7.52. The number of carboxylic acids is 1. The van der Waals surface area contributed by atoms with Crippen molar-refractivity contribution in [2.45, 2.75) is 51.6 Å². The van der Waals surface area contributed by atoms with Gasteiger partial charge in [0.2, 0.25) is 0 Å². The molecule has 0 saturated heterocycles. The van der Waals surface area contributed by atoms with E-state index in [1.54, 1.807) is 20.8 Å². The van der Waals surface area contributed by atoms with E-state index in [9.17, 15) is 27.9 Å². The number of aromatic nitrogens is 2. The number of rotatable bonds is 5. The summed E-state index contributed by atoms with van der Waals surface area (Å²) in [5.41, 5.74) is -1.02. The zero-order valence-corrected chi connectivity index (χ0v) is 16.2. The van der Waals surface area contributed by atoms with Crippen molar-refractivity contribution in [1.82, 2.24) is 14.9 Å². The number of nitrogens with one attached hydrogen (secondary N) is 2. The van der Waals surface area contributed by atoms with Gasteiger partial charge in [0.25, 0.3) is 0 Å². The number of imidazole rings is 1. The van der Waals surface area contributed by atoms with Crippen molar-refractivity contribution in [3.05, 3.63) is 28.5 Å². The molecule has 2 aromatic rings. The summed E-state index contributed by atoms with van der Waals surface area (Å²) in [5.74, 6) is -1.27. The number of hydrogen-bond donors (Lipinski definition) is 3. The third-order valence-corrected chi connectivity index (χ3v) is 4.05. The van der Waals surface area contributed by atoms with Gasteiger partial charge in [0.05, 0.1) is 16.6 Å². The molecule has 0 unspecified atom stereocenters. The standard InChI is InChI=1S/C17H20F3N3O4S/c1-16(2,3)27-15(26)22-10(13(24)25)6-7-23-12-5-4-9(17(18,19)20)8-11(12)21-14(23)28/h4-5,8,10H,6-7H2,1-3H3,(H,21,28)(H,22,26)(H,24,25)/t10-/m0/s1. The van der Waals surface area contributed by atoms with Crippen molar-refractivity contribution < 1.29 is 32.6 Å². The average Bonchev–Trinajstić information content (AvgIpc) is 2.83. The van der Waals surface area contributed by atoms with E-state index in [1.807, 2.05) is 0 Å². The van der Waals surface area contributed by atoms with E-state index in [2.05, 4.69) is 10.3 Å². The number of alkyl carbamates (subject to hydrolysis) is 1. The number of carbonyl (C=O) groups is 2. The van der Waals surface area contributed by atoms with Crippen LogP contribution in [0.5, 0.6) is 0 Å². The van der Waals surface area contributed by atoms with Crippen molar-refractivity contribution in [3.63, 3.8) is 0 Å². The van der Waals surface area contributed by atoms with E-state index in [4.69, 9.17) is 17.0 Å². The Bertz CT molecular complexity index is 944. The minimum absolute atomic E-state index is 0.0448. The fourth-order valence-electron chi connectivity index (χ4n) is 2.53. The number of halogens is 3. The maximum absolute atomic E-state index is 12.8. The Balaban J connectivity index is 2.18. The highest BCUT2D eigenvalue weighted by molar-refractivity contribution is 7.71. The maximum Gasteiger partial charge on any atom is 0.416 e. The highest BCUT2D eigenvalue weighted by Gasteiger charge is 2.31. The zero-order chi connectivity index (χ0) is 21.3. The second kappa shape index (κ2) is 7.82. The number of aliphatic carboxylic acids is 1. The molecule has 1 heterocycles.